The van der Waals surface area contributed by atoms with Gasteiger partial charge in [-0.25, -0.2) is 4.98 Å². The van der Waals surface area contributed by atoms with Crippen LogP contribution in [0.25, 0.3) is 5.69 Å². The standard InChI is InChI=1S/C16H20N4O/c17-10-13-2-1-3-15(13)19-16(21)12-4-6-14(7-5-12)20-9-8-18-11-20/h4-9,11,13,15H,1-3,10,17H2,(H,19,21). The quantitative estimate of drug-likeness (QED) is 0.898. The SMILES string of the molecule is NCC1CCCC1NC(=O)c1ccc(-n2ccnc2)cc1. The van der Waals surface area contributed by atoms with E-state index in [2.05, 4.69) is 10.3 Å². The predicted octanol–water partition coefficient (Wildman–Crippen LogP) is 1.73. The summed E-state index contributed by atoms with van der Waals surface area (Å²) in [5, 5.41) is 3.11. The molecule has 0 saturated heterocycles. The van der Waals surface area contributed by atoms with Crippen LogP contribution in [0, 0.1) is 5.92 Å². The zero-order valence-corrected chi connectivity index (χ0v) is 11.9. The fourth-order valence-corrected chi connectivity index (χ4v) is 2.96. The molecule has 5 nitrogen and oxygen atoms in total. The summed E-state index contributed by atoms with van der Waals surface area (Å²) >= 11 is 0. The second-order valence-electron chi connectivity index (χ2n) is 5.52. The van der Waals surface area contributed by atoms with Crippen molar-refractivity contribution in [1.29, 1.82) is 0 Å². The summed E-state index contributed by atoms with van der Waals surface area (Å²) in [6.07, 6.45) is 8.63. The van der Waals surface area contributed by atoms with E-state index in [0.717, 1.165) is 24.9 Å². The summed E-state index contributed by atoms with van der Waals surface area (Å²) in [7, 11) is 0. The van der Waals surface area contributed by atoms with Gasteiger partial charge in [0, 0.05) is 29.7 Å². The van der Waals surface area contributed by atoms with Crippen LogP contribution < -0.4 is 11.1 Å². The number of nitrogens with two attached hydrogens (primary N) is 1. The van der Waals surface area contributed by atoms with Gasteiger partial charge in [0.2, 0.25) is 0 Å². The Morgan fingerprint density at radius 2 is 2.14 bits per heavy atom. The lowest BCUT2D eigenvalue weighted by molar-refractivity contribution is 0.0929. The van der Waals surface area contributed by atoms with E-state index in [1.165, 1.54) is 0 Å². The largest absolute Gasteiger partial charge is 0.349 e. The Morgan fingerprint density at radius 3 is 2.81 bits per heavy atom. The first-order chi connectivity index (χ1) is 10.3. The van der Waals surface area contributed by atoms with Gasteiger partial charge in [-0.1, -0.05) is 6.42 Å². The number of hydrogen-bond donors (Lipinski definition) is 2. The maximum Gasteiger partial charge on any atom is 0.251 e. The van der Waals surface area contributed by atoms with Crippen LogP contribution in [0.3, 0.4) is 0 Å². The van der Waals surface area contributed by atoms with E-state index in [-0.39, 0.29) is 11.9 Å². The van der Waals surface area contributed by atoms with Gasteiger partial charge in [0.05, 0.1) is 6.33 Å². The van der Waals surface area contributed by atoms with Gasteiger partial charge in [-0.05, 0) is 49.6 Å². The average molecular weight is 284 g/mol. The van der Waals surface area contributed by atoms with Crippen molar-refractivity contribution in [1.82, 2.24) is 14.9 Å². The van der Waals surface area contributed by atoms with Crippen molar-refractivity contribution in [3.63, 3.8) is 0 Å². The van der Waals surface area contributed by atoms with Crippen molar-refractivity contribution in [3.05, 3.63) is 48.5 Å². The number of benzene rings is 1. The van der Waals surface area contributed by atoms with Gasteiger partial charge in [0.25, 0.3) is 5.91 Å². The zero-order valence-electron chi connectivity index (χ0n) is 11.9. The van der Waals surface area contributed by atoms with Gasteiger partial charge in [-0.3, -0.25) is 4.79 Å². The highest BCUT2D eigenvalue weighted by Crippen LogP contribution is 2.24. The number of aromatic nitrogens is 2. The Kier molecular flexibility index (Phi) is 4.01. The molecule has 0 radical (unpaired) electrons. The van der Waals surface area contributed by atoms with Gasteiger partial charge in [-0.15, -0.1) is 0 Å². The van der Waals surface area contributed by atoms with Gasteiger partial charge in [0.1, 0.15) is 0 Å². The van der Waals surface area contributed by atoms with Gasteiger partial charge in [-0.2, -0.15) is 0 Å². The zero-order chi connectivity index (χ0) is 14.7. The number of carbonyl (C=O) groups is 1. The third-order valence-corrected chi connectivity index (χ3v) is 4.21. The molecule has 2 atom stereocenters. The molecule has 0 spiro atoms. The average Bonchev–Trinajstić information content (AvgIpc) is 3.18. The molecular weight excluding hydrogens is 264 g/mol. The maximum atomic E-state index is 12.3. The van der Waals surface area contributed by atoms with Crippen molar-refractivity contribution in [2.45, 2.75) is 25.3 Å². The second kappa shape index (κ2) is 6.10. The Hall–Kier alpha value is -2.14. The Labute approximate surface area is 124 Å². The highest BCUT2D eigenvalue weighted by molar-refractivity contribution is 5.94. The molecule has 5 heteroatoms. The number of imidazole rings is 1. The minimum Gasteiger partial charge on any atom is -0.349 e. The van der Waals surface area contributed by atoms with Crippen LogP contribution in [-0.4, -0.2) is 28.0 Å². The van der Waals surface area contributed by atoms with Crippen LogP contribution >= 0.6 is 0 Å². The van der Waals surface area contributed by atoms with Crippen LogP contribution in [0.4, 0.5) is 0 Å². The van der Waals surface area contributed by atoms with E-state index in [1.54, 1.807) is 12.5 Å². The first kappa shape index (κ1) is 13.8. The molecule has 2 aromatic rings. The lowest BCUT2D eigenvalue weighted by Gasteiger charge is -2.19. The van der Waals surface area contributed by atoms with E-state index in [0.29, 0.717) is 18.0 Å². The monoisotopic (exact) mass is 284 g/mol. The van der Waals surface area contributed by atoms with Crippen LogP contribution in [0.5, 0.6) is 0 Å². The number of nitrogens with zero attached hydrogens (tertiary/aromatic N) is 2. The van der Waals surface area contributed by atoms with E-state index in [4.69, 9.17) is 5.73 Å². The maximum absolute atomic E-state index is 12.3. The molecule has 1 aliphatic carbocycles. The first-order valence-corrected chi connectivity index (χ1v) is 7.37. The van der Waals surface area contributed by atoms with E-state index < -0.39 is 0 Å². The third kappa shape index (κ3) is 2.97. The van der Waals surface area contributed by atoms with Crippen LogP contribution in [0.15, 0.2) is 43.0 Å². The first-order valence-electron chi connectivity index (χ1n) is 7.37. The fraction of sp³-hybridized carbons (Fsp3) is 0.375. The van der Waals surface area contributed by atoms with Crippen molar-refractivity contribution >= 4 is 5.91 Å². The molecule has 0 aliphatic heterocycles. The summed E-state index contributed by atoms with van der Waals surface area (Å²) in [5.41, 5.74) is 7.43. The predicted molar refractivity (Wildman–Crippen MR) is 81.2 cm³/mol. The highest BCUT2D eigenvalue weighted by Gasteiger charge is 2.27. The van der Waals surface area contributed by atoms with Crippen molar-refractivity contribution in [3.8, 4) is 5.69 Å². The molecule has 1 amide bonds. The van der Waals surface area contributed by atoms with E-state index in [9.17, 15) is 4.79 Å². The summed E-state index contributed by atoms with van der Waals surface area (Å²) in [6, 6.07) is 7.75. The molecule has 0 bridgehead atoms. The van der Waals surface area contributed by atoms with Crippen LogP contribution in [-0.2, 0) is 0 Å². The number of nitrogens with one attached hydrogen (secondary N) is 1. The molecular formula is C16H20N4O. The molecule has 3 rings (SSSR count). The van der Waals surface area contributed by atoms with Gasteiger partial charge in [0.15, 0.2) is 0 Å². The van der Waals surface area contributed by atoms with E-state index >= 15 is 0 Å². The number of amides is 1. The molecule has 3 N–H and O–H groups in total. The van der Waals surface area contributed by atoms with Crippen LogP contribution in [0.1, 0.15) is 29.6 Å². The van der Waals surface area contributed by atoms with Crippen LogP contribution in [0.2, 0.25) is 0 Å². The highest BCUT2D eigenvalue weighted by atomic mass is 16.1. The summed E-state index contributed by atoms with van der Waals surface area (Å²) in [5.74, 6) is 0.400. The molecule has 1 aromatic carbocycles. The fourth-order valence-electron chi connectivity index (χ4n) is 2.96. The third-order valence-electron chi connectivity index (χ3n) is 4.21. The minimum atomic E-state index is -0.0162. The van der Waals surface area contributed by atoms with Gasteiger partial charge >= 0.3 is 0 Å². The molecule has 1 saturated carbocycles. The summed E-state index contributed by atoms with van der Waals surface area (Å²) in [4.78, 5) is 16.3. The van der Waals surface area contributed by atoms with Crippen molar-refractivity contribution < 1.29 is 4.79 Å². The van der Waals surface area contributed by atoms with E-state index in [1.807, 2.05) is 35.0 Å². The van der Waals surface area contributed by atoms with Crippen molar-refractivity contribution in [2.24, 2.45) is 11.7 Å². The Balaban J connectivity index is 1.68. The lowest BCUT2D eigenvalue weighted by atomic mass is 10.0. The minimum absolute atomic E-state index is 0.0162. The smallest absolute Gasteiger partial charge is 0.251 e. The molecule has 1 aliphatic rings. The molecule has 1 aromatic heterocycles. The summed E-state index contributed by atoms with van der Waals surface area (Å²) in [6.45, 7) is 0.643. The molecule has 1 fully saturated rings. The van der Waals surface area contributed by atoms with Gasteiger partial charge < -0.3 is 15.6 Å². The lowest BCUT2D eigenvalue weighted by Crippen LogP contribution is -2.39. The molecule has 21 heavy (non-hydrogen) atoms. The Morgan fingerprint density at radius 1 is 1.33 bits per heavy atom. The molecule has 2 unspecified atom stereocenters. The summed E-state index contributed by atoms with van der Waals surface area (Å²) < 4.78 is 1.91. The second-order valence-corrected chi connectivity index (χ2v) is 5.52. The number of hydrogen-bond acceptors (Lipinski definition) is 3. The number of rotatable bonds is 4. The Bertz CT molecular complexity index is 591. The topological polar surface area (TPSA) is 72.9 Å². The molecule has 1 heterocycles. The number of carbonyl (C=O) groups excluding carboxylic acids is 1. The molecule has 110 valence electrons. The normalized spacial score (nSPS) is 21.4. The van der Waals surface area contributed by atoms with Crippen molar-refractivity contribution in [2.75, 3.05) is 6.54 Å².